The van der Waals surface area contributed by atoms with E-state index in [4.69, 9.17) is 4.74 Å². The molecule has 1 rings (SSSR count). The molecule has 17 heavy (non-hydrogen) atoms. The molecule has 0 unspecified atom stereocenters. The summed E-state index contributed by atoms with van der Waals surface area (Å²) in [7, 11) is 3.49. The van der Waals surface area contributed by atoms with Crippen molar-refractivity contribution in [1.82, 2.24) is 4.90 Å². The van der Waals surface area contributed by atoms with E-state index in [0.717, 1.165) is 45.1 Å². The predicted octanol–water partition coefficient (Wildman–Crippen LogP) is 1.46. The van der Waals surface area contributed by atoms with E-state index in [1.165, 1.54) is 7.11 Å². The Morgan fingerprint density at radius 3 is 2.71 bits per heavy atom. The lowest BCUT2D eigenvalue weighted by atomic mass is 10.00. The fraction of sp³-hybridized carbons (Fsp3) is 0.769. The summed E-state index contributed by atoms with van der Waals surface area (Å²) in [4.78, 5) is 13.4. The number of esters is 1. The summed E-state index contributed by atoms with van der Waals surface area (Å²) in [6.45, 7) is 5.41. The Kier molecular flexibility index (Phi) is 6.22. The number of carbonyl (C=O) groups excluding carboxylic acids is 1. The molecule has 4 heteroatoms. The monoisotopic (exact) mass is 241 g/mol. The number of rotatable bonds is 5. The van der Waals surface area contributed by atoms with Gasteiger partial charge >= 0.3 is 5.97 Å². The molecule has 0 aromatic rings. The van der Waals surface area contributed by atoms with Crippen LogP contribution in [0.5, 0.6) is 0 Å². The zero-order valence-corrected chi connectivity index (χ0v) is 11.1. The SMILES string of the molecule is COC(=O)C(C)=CCN(C)CC1CCOCC1. The molecule has 1 fully saturated rings. The second kappa shape index (κ2) is 7.45. The first kappa shape index (κ1) is 14.2. The van der Waals surface area contributed by atoms with Gasteiger partial charge in [-0.05, 0) is 32.7 Å². The van der Waals surface area contributed by atoms with Crippen molar-refractivity contribution in [3.63, 3.8) is 0 Å². The highest BCUT2D eigenvalue weighted by molar-refractivity contribution is 5.87. The third-order valence-corrected chi connectivity index (χ3v) is 3.13. The summed E-state index contributed by atoms with van der Waals surface area (Å²) in [6, 6.07) is 0. The summed E-state index contributed by atoms with van der Waals surface area (Å²) in [5.74, 6) is 0.477. The van der Waals surface area contributed by atoms with Gasteiger partial charge in [0.25, 0.3) is 0 Å². The highest BCUT2D eigenvalue weighted by Crippen LogP contribution is 2.15. The molecule has 0 spiro atoms. The zero-order valence-electron chi connectivity index (χ0n) is 11.1. The van der Waals surface area contributed by atoms with Crippen LogP contribution in [-0.4, -0.2) is 51.3 Å². The lowest BCUT2D eigenvalue weighted by molar-refractivity contribution is -0.136. The van der Waals surface area contributed by atoms with Crippen LogP contribution in [0.2, 0.25) is 0 Å². The maximum Gasteiger partial charge on any atom is 0.333 e. The highest BCUT2D eigenvalue weighted by atomic mass is 16.5. The van der Waals surface area contributed by atoms with Crippen molar-refractivity contribution >= 4 is 5.97 Å². The van der Waals surface area contributed by atoms with Crippen molar-refractivity contribution in [3.05, 3.63) is 11.6 Å². The molecular formula is C13H23NO3. The molecule has 0 saturated carbocycles. The van der Waals surface area contributed by atoms with Crippen molar-refractivity contribution in [2.75, 3.05) is 40.5 Å². The molecule has 1 saturated heterocycles. The Morgan fingerprint density at radius 1 is 1.47 bits per heavy atom. The summed E-state index contributed by atoms with van der Waals surface area (Å²) in [5.41, 5.74) is 0.673. The van der Waals surface area contributed by atoms with Crippen LogP contribution in [0, 0.1) is 5.92 Å². The Labute approximate surface area is 104 Å². The highest BCUT2D eigenvalue weighted by Gasteiger charge is 2.15. The van der Waals surface area contributed by atoms with Crippen LogP contribution in [0.4, 0.5) is 0 Å². The molecule has 0 radical (unpaired) electrons. The fourth-order valence-corrected chi connectivity index (χ4v) is 1.98. The molecule has 0 atom stereocenters. The number of likely N-dealkylation sites (N-methyl/N-ethyl adjacent to an activating group) is 1. The Hall–Kier alpha value is -0.870. The molecule has 0 aliphatic carbocycles. The van der Waals surface area contributed by atoms with Gasteiger partial charge < -0.3 is 14.4 Å². The molecule has 0 bridgehead atoms. The molecule has 0 aromatic heterocycles. The van der Waals surface area contributed by atoms with Crippen molar-refractivity contribution < 1.29 is 14.3 Å². The van der Waals surface area contributed by atoms with Crippen LogP contribution < -0.4 is 0 Å². The number of nitrogens with zero attached hydrogens (tertiary/aromatic N) is 1. The minimum Gasteiger partial charge on any atom is -0.466 e. The third kappa shape index (κ3) is 5.33. The third-order valence-electron chi connectivity index (χ3n) is 3.13. The summed E-state index contributed by atoms with van der Waals surface area (Å²) < 4.78 is 9.99. The van der Waals surface area contributed by atoms with Gasteiger partial charge in [0.1, 0.15) is 0 Å². The van der Waals surface area contributed by atoms with E-state index in [9.17, 15) is 4.79 Å². The fourth-order valence-electron chi connectivity index (χ4n) is 1.98. The molecule has 0 amide bonds. The molecule has 0 aromatic carbocycles. The van der Waals surface area contributed by atoms with E-state index in [0.29, 0.717) is 5.57 Å². The first-order valence-electron chi connectivity index (χ1n) is 6.15. The van der Waals surface area contributed by atoms with Gasteiger partial charge in [-0.3, -0.25) is 0 Å². The van der Waals surface area contributed by atoms with E-state index < -0.39 is 0 Å². The maximum atomic E-state index is 11.2. The summed E-state index contributed by atoms with van der Waals surface area (Å²) in [6.07, 6.45) is 4.21. The lowest BCUT2D eigenvalue weighted by Gasteiger charge is -2.26. The number of methoxy groups -OCH3 is 1. The molecule has 4 nitrogen and oxygen atoms in total. The van der Waals surface area contributed by atoms with Gasteiger partial charge in [0.2, 0.25) is 0 Å². The van der Waals surface area contributed by atoms with Gasteiger partial charge in [-0.15, -0.1) is 0 Å². The van der Waals surface area contributed by atoms with Crippen LogP contribution in [0.25, 0.3) is 0 Å². The van der Waals surface area contributed by atoms with Crippen LogP contribution in [0.1, 0.15) is 19.8 Å². The number of ether oxygens (including phenoxy) is 2. The smallest absolute Gasteiger partial charge is 0.333 e. The number of hydrogen-bond donors (Lipinski definition) is 0. The standard InChI is InChI=1S/C13H23NO3/c1-11(13(15)16-3)4-7-14(2)10-12-5-8-17-9-6-12/h4,12H,5-10H2,1-3H3. The largest absolute Gasteiger partial charge is 0.466 e. The van der Waals surface area contributed by atoms with E-state index in [-0.39, 0.29) is 5.97 Å². The van der Waals surface area contributed by atoms with Crippen molar-refractivity contribution in [2.24, 2.45) is 5.92 Å². The van der Waals surface area contributed by atoms with E-state index in [2.05, 4.69) is 16.7 Å². The number of carbonyl (C=O) groups is 1. The summed E-state index contributed by atoms with van der Waals surface area (Å²) >= 11 is 0. The van der Waals surface area contributed by atoms with Crippen molar-refractivity contribution in [1.29, 1.82) is 0 Å². The van der Waals surface area contributed by atoms with Crippen molar-refractivity contribution in [2.45, 2.75) is 19.8 Å². The molecule has 0 N–H and O–H groups in total. The Morgan fingerprint density at radius 2 is 2.12 bits per heavy atom. The van der Waals surface area contributed by atoms with Crippen LogP contribution in [0.3, 0.4) is 0 Å². The van der Waals surface area contributed by atoms with Crippen LogP contribution >= 0.6 is 0 Å². The van der Waals surface area contributed by atoms with Crippen LogP contribution in [-0.2, 0) is 14.3 Å². The van der Waals surface area contributed by atoms with Gasteiger partial charge in [0.05, 0.1) is 7.11 Å². The first-order chi connectivity index (χ1) is 8.13. The topological polar surface area (TPSA) is 38.8 Å². The number of hydrogen-bond acceptors (Lipinski definition) is 4. The van der Waals surface area contributed by atoms with Gasteiger partial charge in [-0.2, -0.15) is 0 Å². The molecule has 1 aliphatic rings. The van der Waals surface area contributed by atoms with Crippen LogP contribution in [0.15, 0.2) is 11.6 Å². The summed E-state index contributed by atoms with van der Waals surface area (Å²) in [5, 5.41) is 0. The molecule has 1 aliphatic heterocycles. The first-order valence-corrected chi connectivity index (χ1v) is 6.15. The molecule has 98 valence electrons. The second-order valence-electron chi connectivity index (χ2n) is 4.66. The van der Waals surface area contributed by atoms with Gasteiger partial charge in [-0.1, -0.05) is 6.08 Å². The van der Waals surface area contributed by atoms with Gasteiger partial charge in [0.15, 0.2) is 0 Å². The molecular weight excluding hydrogens is 218 g/mol. The average molecular weight is 241 g/mol. The lowest BCUT2D eigenvalue weighted by Crippen LogP contribution is -2.30. The van der Waals surface area contributed by atoms with E-state index >= 15 is 0 Å². The minimum atomic E-state index is -0.246. The molecule has 1 heterocycles. The quantitative estimate of drug-likeness (QED) is 0.539. The maximum absolute atomic E-state index is 11.2. The Balaban J connectivity index is 2.28. The van der Waals surface area contributed by atoms with Crippen molar-refractivity contribution in [3.8, 4) is 0 Å². The average Bonchev–Trinajstić information content (AvgIpc) is 2.36. The normalized spacial score (nSPS) is 18.5. The Bertz CT molecular complexity index is 270. The minimum absolute atomic E-state index is 0.246. The van der Waals surface area contributed by atoms with Gasteiger partial charge in [0, 0.05) is 31.9 Å². The van der Waals surface area contributed by atoms with Gasteiger partial charge in [-0.25, -0.2) is 4.79 Å². The predicted molar refractivity (Wildman–Crippen MR) is 66.8 cm³/mol. The zero-order chi connectivity index (χ0) is 12.7. The van der Waals surface area contributed by atoms with E-state index in [1.54, 1.807) is 6.92 Å². The second-order valence-corrected chi connectivity index (χ2v) is 4.66. The van der Waals surface area contributed by atoms with E-state index in [1.807, 2.05) is 6.08 Å².